The number of nitrogens with zero attached hydrogens (tertiary/aromatic N) is 3. The predicted molar refractivity (Wildman–Crippen MR) is 177 cm³/mol. The largest absolute Gasteiger partial charge is 0.400 e. The molecule has 8 N–H and O–H groups in total. The van der Waals surface area contributed by atoms with Crippen molar-refractivity contribution in [2.24, 2.45) is 5.95 Å². The van der Waals surface area contributed by atoms with E-state index in [1.807, 2.05) is 5.32 Å². The van der Waals surface area contributed by atoms with Crippen molar-refractivity contribution in [2.75, 3.05) is 34.0 Å². The molecule has 0 aliphatic carbocycles. The van der Waals surface area contributed by atoms with E-state index in [-0.39, 0.29) is 33.3 Å². The number of methoxy groups -OCH3 is 1. The Labute approximate surface area is 320 Å². The van der Waals surface area contributed by atoms with E-state index in [1.54, 1.807) is 5.32 Å². The highest BCUT2D eigenvalue weighted by Crippen LogP contribution is 2.34. The summed E-state index contributed by atoms with van der Waals surface area (Å²) in [6.45, 7) is -1.15. The minimum absolute atomic E-state index is 0. The maximum Gasteiger partial charge on any atom is 0.330 e. The Kier molecular flexibility index (Phi) is 18.3. The molecule has 2 bridgehead atoms. The van der Waals surface area contributed by atoms with Crippen molar-refractivity contribution in [3.63, 3.8) is 0 Å². The van der Waals surface area contributed by atoms with Crippen LogP contribution in [-0.4, -0.2) is 167 Å². The summed E-state index contributed by atoms with van der Waals surface area (Å²) in [5.74, 6) is -1.65. The van der Waals surface area contributed by atoms with E-state index >= 15 is 0 Å². The fraction of sp³-hybridized carbons (Fsp3) is 0.733. The highest BCUT2D eigenvalue weighted by molar-refractivity contribution is 6.00. The number of aliphatic hydroxyl groups excluding tert-OH is 3. The molecule has 21 nitrogen and oxygen atoms in total. The van der Waals surface area contributed by atoms with Gasteiger partial charge in [0.05, 0.1) is 19.8 Å². The third-order valence-electron chi connectivity index (χ3n) is 8.78. The molecule has 0 aromatic carbocycles. The summed E-state index contributed by atoms with van der Waals surface area (Å²) in [5.41, 5.74) is -1.17. The normalized spacial score (nSPS) is 35.4. The van der Waals surface area contributed by atoms with E-state index in [9.17, 15) is 55.2 Å². The number of imide groups is 2. The molecular weight excluding hydrogens is 796 g/mol. The first kappa shape index (κ1) is 47.2. The number of H-pyrrole nitrogens is 1. The first-order valence-electron chi connectivity index (χ1n) is 16.9. The molecule has 6 saturated heterocycles. The van der Waals surface area contributed by atoms with Gasteiger partial charge in [0.2, 0.25) is 12.3 Å². The molecule has 0 radical (unpaired) electrons. The van der Waals surface area contributed by atoms with Crippen LogP contribution in [0.5, 0.6) is 0 Å². The summed E-state index contributed by atoms with van der Waals surface area (Å²) < 4.78 is 109. The van der Waals surface area contributed by atoms with Gasteiger partial charge in [0, 0.05) is 45.7 Å². The lowest BCUT2D eigenvalue weighted by Gasteiger charge is -2.38. The number of amides is 6. The van der Waals surface area contributed by atoms with Crippen LogP contribution in [0.3, 0.4) is 0 Å². The Morgan fingerprint density at radius 1 is 0.825 bits per heavy atom. The number of fused-ring (bicyclic) bond motifs is 4. The molecule has 6 fully saturated rings. The number of nitrogens with two attached hydrogens (primary N) is 1. The van der Waals surface area contributed by atoms with Crippen LogP contribution < -0.4 is 27.8 Å². The van der Waals surface area contributed by atoms with Gasteiger partial charge < -0.3 is 39.0 Å². The number of hydrogen-bond acceptors (Lipinski definition) is 15. The number of alkyl halides is 5. The molecule has 6 amide bonds. The van der Waals surface area contributed by atoms with Crippen molar-refractivity contribution in [1.82, 2.24) is 30.0 Å². The zero-order valence-electron chi connectivity index (χ0n) is 30.3. The van der Waals surface area contributed by atoms with Crippen LogP contribution in [-0.2, 0) is 33.3 Å². The number of ether oxygens (including phenoxy) is 5. The third kappa shape index (κ3) is 11.0. The van der Waals surface area contributed by atoms with Crippen LogP contribution >= 0.6 is 0 Å². The van der Waals surface area contributed by atoms with E-state index < -0.39 is 129 Å². The standard InChI is InChI=1S/C10H14F2N2O5.C9H10F2N2O4.C9H11FN2O4.CH4O.CH4.FH2N/c1-18-9-7(12)8(16)13-10(17)14(9)6-2-4(11)5(3-15)19-6;10-3-1-5-13-8(16-2-4(3)17-5)6(11)7(14)12-9(13)15;10-5-3-8(16-6(5)4-13)12-2-1-7(14)11-9(12)15;1-2;;1-2/h4-7,9,15H,2-3H2,1H3,(H,13,16,17);3-6,8H,1-2H2,(H,12,14,15);1-2,5-6,8,13H,3-4H2,(H,11,14,15);2H,1H3;1H4;2H2/i;;;;;2T. The first-order chi connectivity index (χ1) is 27.1. The molecule has 13 atom stereocenters. The average molecular weight is 844 g/mol. The highest BCUT2D eigenvalue weighted by Gasteiger charge is 2.53. The summed E-state index contributed by atoms with van der Waals surface area (Å²) in [6, 6.07) is -0.570. The van der Waals surface area contributed by atoms with E-state index in [0.29, 0.717) is 5.95 Å². The third-order valence-corrected chi connectivity index (χ3v) is 8.78. The van der Waals surface area contributed by atoms with E-state index in [0.717, 1.165) is 34.7 Å². The lowest BCUT2D eigenvalue weighted by molar-refractivity contribution is -0.164. The minimum Gasteiger partial charge on any atom is -0.400 e. The monoisotopic (exact) mass is 843 g/mol. The predicted octanol–water partition coefficient (Wildman–Crippen LogP) is -1.79. The lowest BCUT2D eigenvalue weighted by Crippen LogP contribution is -2.64. The topological polar surface area (TPSA) is 287 Å². The lowest BCUT2D eigenvalue weighted by atomic mass is 10.1. The van der Waals surface area contributed by atoms with Crippen molar-refractivity contribution < 1.29 is 86.0 Å². The van der Waals surface area contributed by atoms with Crippen LogP contribution in [0.1, 0.15) is 32.9 Å². The molecule has 326 valence electrons. The molecule has 13 unspecified atom stereocenters. The van der Waals surface area contributed by atoms with Gasteiger partial charge in [-0.1, -0.05) is 7.43 Å². The molecule has 6 aliphatic rings. The second-order valence-corrected chi connectivity index (χ2v) is 12.1. The number of carbonyl (C=O) groups excluding carboxylic acids is 4. The summed E-state index contributed by atoms with van der Waals surface area (Å²) in [7, 11) is 2.13. The van der Waals surface area contributed by atoms with Crippen molar-refractivity contribution in [3.05, 3.63) is 33.1 Å². The summed E-state index contributed by atoms with van der Waals surface area (Å²) in [4.78, 5) is 71.5. The summed E-state index contributed by atoms with van der Waals surface area (Å²) in [6.07, 6.45) is -15.5. The van der Waals surface area contributed by atoms with Crippen LogP contribution in [0.15, 0.2) is 21.9 Å². The van der Waals surface area contributed by atoms with Crippen LogP contribution in [0, 0.1) is 0 Å². The Bertz CT molecular complexity index is 1640. The van der Waals surface area contributed by atoms with Gasteiger partial charge in [0.15, 0.2) is 13.9 Å². The Morgan fingerprint density at radius 2 is 1.32 bits per heavy atom. The van der Waals surface area contributed by atoms with Gasteiger partial charge in [-0.25, -0.2) is 36.3 Å². The average Bonchev–Trinajstić information content (AvgIpc) is 3.81. The number of urea groups is 2. The maximum absolute atomic E-state index is 13.7. The maximum atomic E-state index is 13.7. The molecular formula is C30H45F6N7O14. The molecule has 7 rings (SSSR count). The van der Waals surface area contributed by atoms with E-state index in [2.05, 4.69) is 4.98 Å². The number of hydrogen-bond donors (Lipinski definition) is 7. The van der Waals surface area contributed by atoms with Gasteiger partial charge >= 0.3 is 17.8 Å². The van der Waals surface area contributed by atoms with Gasteiger partial charge in [-0.2, -0.15) is 5.95 Å². The number of aliphatic hydroxyl groups is 3. The zero-order chi connectivity index (χ0) is 42.7. The summed E-state index contributed by atoms with van der Waals surface area (Å²) in [5, 5.41) is 28.3. The highest BCUT2D eigenvalue weighted by atomic mass is 19.2. The number of halogens is 6. The molecule has 6 aliphatic heterocycles. The molecule has 27 heteroatoms. The number of aromatic amines is 1. The molecule has 0 saturated carbocycles. The smallest absolute Gasteiger partial charge is 0.330 e. The van der Waals surface area contributed by atoms with Gasteiger partial charge in [-0.3, -0.25) is 44.4 Å². The number of nitrogens with one attached hydrogen (secondary N) is 3. The molecule has 1 aromatic heterocycles. The Hall–Kier alpha value is -4.22. The van der Waals surface area contributed by atoms with E-state index in [4.69, 9.17) is 40.4 Å². The number of rotatable bonds is 5. The van der Waals surface area contributed by atoms with Crippen molar-refractivity contribution >= 4 is 23.9 Å². The van der Waals surface area contributed by atoms with Crippen LogP contribution in [0.4, 0.5) is 36.0 Å². The Balaban J connectivity index is 0.000000282. The number of aromatic nitrogens is 2. The van der Waals surface area contributed by atoms with Gasteiger partial charge in [-0.05, 0) is 0 Å². The van der Waals surface area contributed by atoms with Gasteiger partial charge in [-0.15, -0.1) is 4.48 Å². The second-order valence-electron chi connectivity index (χ2n) is 12.1. The van der Waals surface area contributed by atoms with Crippen molar-refractivity contribution in [1.29, 1.82) is 0 Å². The summed E-state index contributed by atoms with van der Waals surface area (Å²) >= 11 is 0. The molecule has 0 spiro atoms. The SMILES string of the molecule is C.CO.COC1C(F)C(=O)NC(=O)N1C1CC(F)C(CO)O1.O=C1NC(=O)N2C3CC(F)C(COC2C1F)O3.O=c1ccn(C2CC(F)C(CO)O2)c(=O)[nH]1.[3H]NF. The molecule has 1 aromatic rings. The fourth-order valence-corrected chi connectivity index (χ4v) is 6.14. The van der Waals surface area contributed by atoms with Gasteiger partial charge in [0.1, 0.15) is 55.5 Å². The quantitative estimate of drug-likeness (QED) is 0.127. The second kappa shape index (κ2) is 22.1. The zero-order valence-corrected chi connectivity index (χ0v) is 29.3. The van der Waals surface area contributed by atoms with Crippen LogP contribution in [0.25, 0.3) is 0 Å². The minimum atomic E-state index is -2.09. The molecule has 57 heavy (non-hydrogen) atoms. The van der Waals surface area contributed by atoms with Crippen LogP contribution in [0.2, 0.25) is 1.41 Å². The fourth-order valence-electron chi connectivity index (χ4n) is 6.14. The van der Waals surface area contributed by atoms with Crippen molar-refractivity contribution in [2.45, 2.75) is 107 Å². The van der Waals surface area contributed by atoms with E-state index in [1.165, 1.54) is 6.20 Å². The number of carbonyl (C=O) groups is 4. The first-order valence-corrected chi connectivity index (χ1v) is 16.4. The van der Waals surface area contributed by atoms with Gasteiger partial charge in [0.25, 0.3) is 17.4 Å². The molecule has 7 heterocycles. The Morgan fingerprint density at radius 3 is 1.84 bits per heavy atom. The van der Waals surface area contributed by atoms with Crippen molar-refractivity contribution in [3.8, 4) is 0 Å².